The molecule has 0 atom stereocenters. The maximum Gasteiger partial charge on any atom is 0.500 e. The quantitative estimate of drug-likeness (QED) is 0.0677. The molecular formula is C30H72N2O12Si4. The third kappa shape index (κ3) is 17.7. The second-order valence-corrected chi connectivity index (χ2v) is 24.1. The minimum absolute atomic E-state index is 0.779. The van der Waals surface area contributed by atoms with Crippen molar-refractivity contribution in [2.75, 3.05) is 125 Å². The van der Waals surface area contributed by atoms with E-state index in [4.69, 9.17) is 53.1 Å². The average Bonchev–Trinajstić information content (AvgIpc) is 3.13. The van der Waals surface area contributed by atoms with Gasteiger partial charge in [-0.05, 0) is 77.8 Å². The summed E-state index contributed by atoms with van der Waals surface area (Å²) in [5.41, 5.74) is 0. The van der Waals surface area contributed by atoms with Crippen molar-refractivity contribution in [3.05, 3.63) is 0 Å². The molecule has 290 valence electrons. The second kappa shape index (κ2) is 27.9. The molecule has 0 heterocycles. The summed E-state index contributed by atoms with van der Waals surface area (Å²) >= 11 is 0. The smallest absolute Gasteiger partial charge is 0.377 e. The summed E-state index contributed by atoms with van der Waals surface area (Å²) in [5, 5.41) is 0. The average molecular weight is 765 g/mol. The molecule has 0 N–H and O–H groups in total. The molecule has 0 saturated carbocycles. The van der Waals surface area contributed by atoms with Gasteiger partial charge >= 0.3 is 35.2 Å². The van der Waals surface area contributed by atoms with Gasteiger partial charge in [0.15, 0.2) is 0 Å². The molecule has 14 nitrogen and oxygen atoms in total. The van der Waals surface area contributed by atoms with Crippen molar-refractivity contribution in [3.8, 4) is 0 Å². The van der Waals surface area contributed by atoms with Gasteiger partial charge in [0, 0.05) is 109 Å². The Morgan fingerprint density at radius 1 is 0.250 bits per heavy atom. The Balaban J connectivity index is 5.11. The molecule has 0 rings (SSSR count). The van der Waals surface area contributed by atoms with Crippen molar-refractivity contribution in [1.29, 1.82) is 0 Å². The molecule has 0 unspecified atom stereocenters. The van der Waals surface area contributed by atoms with Crippen molar-refractivity contribution >= 4 is 35.2 Å². The van der Waals surface area contributed by atoms with E-state index in [9.17, 15) is 0 Å². The molecule has 0 aromatic carbocycles. The topological polar surface area (TPSA) is 117 Å². The van der Waals surface area contributed by atoms with E-state index in [2.05, 4.69) is 9.80 Å². The molecular weight excluding hydrogens is 693 g/mol. The molecule has 48 heavy (non-hydrogen) atoms. The minimum Gasteiger partial charge on any atom is -0.377 e. The Kier molecular flexibility index (Phi) is 28.1. The van der Waals surface area contributed by atoms with Crippen molar-refractivity contribution in [1.82, 2.24) is 9.80 Å². The van der Waals surface area contributed by atoms with Crippen LogP contribution in [0.25, 0.3) is 0 Å². The highest BCUT2D eigenvalue weighted by Crippen LogP contribution is 2.20. The van der Waals surface area contributed by atoms with Gasteiger partial charge in [-0.25, -0.2) is 0 Å². The molecule has 0 amide bonds. The Morgan fingerprint density at radius 2 is 0.417 bits per heavy atom. The van der Waals surface area contributed by atoms with Crippen LogP contribution < -0.4 is 0 Å². The monoisotopic (exact) mass is 764 g/mol. The van der Waals surface area contributed by atoms with Gasteiger partial charge in [0.05, 0.1) is 0 Å². The standard InChI is InChI=1S/C30H72N2O12Si4/c1-33-45(34-2,35-3)27-17-23-31(24-18-28-46(36-4,37-5)38-6)21-15-13-14-16-22-32(25-19-29-47(39-7,40-8)41-9)26-20-30-48(42-10,43-11)44-12/h13-30H2,1-12H3. The third-order valence-electron chi connectivity index (χ3n) is 9.26. The van der Waals surface area contributed by atoms with Gasteiger partial charge in [-0.1, -0.05) is 12.8 Å². The lowest BCUT2D eigenvalue weighted by molar-refractivity contribution is 0.118. The van der Waals surface area contributed by atoms with Crippen molar-refractivity contribution in [2.45, 2.75) is 75.5 Å². The zero-order chi connectivity index (χ0) is 36.4. The summed E-state index contributed by atoms with van der Waals surface area (Å²) in [4.78, 5) is 5.06. The van der Waals surface area contributed by atoms with Crippen molar-refractivity contribution in [2.24, 2.45) is 0 Å². The third-order valence-corrected chi connectivity index (χ3v) is 20.6. The van der Waals surface area contributed by atoms with Gasteiger partial charge in [-0.15, -0.1) is 0 Å². The summed E-state index contributed by atoms with van der Waals surface area (Å²) in [6.07, 6.45) is 8.38. The molecule has 0 aromatic heterocycles. The Bertz CT molecular complexity index is 608. The molecule has 0 aromatic rings. The van der Waals surface area contributed by atoms with Crippen LogP contribution >= 0.6 is 0 Å². The number of hydrogen-bond acceptors (Lipinski definition) is 14. The van der Waals surface area contributed by atoms with E-state index in [-0.39, 0.29) is 0 Å². The van der Waals surface area contributed by atoms with Crippen molar-refractivity contribution < 1.29 is 53.1 Å². The normalized spacial score (nSPS) is 13.4. The fraction of sp³-hybridized carbons (Fsp3) is 1.00. The summed E-state index contributed by atoms with van der Waals surface area (Å²) < 4.78 is 67.7. The maximum atomic E-state index is 5.64. The number of nitrogens with zero attached hydrogens (tertiary/aromatic N) is 2. The molecule has 18 heteroatoms. The first-order chi connectivity index (χ1) is 23.1. The van der Waals surface area contributed by atoms with E-state index in [1.165, 1.54) is 12.8 Å². The molecule has 0 bridgehead atoms. The van der Waals surface area contributed by atoms with E-state index in [0.29, 0.717) is 0 Å². The Morgan fingerprint density at radius 3 is 0.583 bits per heavy atom. The molecule has 0 spiro atoms. The number of hydrogen-bond donors (Lipinski definition) is 0. The van der Waals surface area contributed by atoms with Crippen LogP contribution in [0.5, 0.6) is 0 Å². The van der Waals surface area contributed by atoms with Gasteiger partial charge in [0.25, 0.3) is 0 Å². The van der Waals surface area contributed by atoms with Crippen LogP contribution in [0.2, 0.25) is 24.2 Å². The van der Waals surface area contributed by atoms with Gasteiger partial charge in [-0.3, -0.25) is 0 Å². The van der Waals surface area contributed by atoms with Crippen LogP contribution in [0.4, 0.5) is 0 Å². The molecule has 0 radical (unpaired) electrons. The van der Waals surface area contributed by atoms with Crippen LogP contribution in [0, 0.1) is 0 Å². The lowest BCUT2D eigenvalue weighted by Gasteiger charge is -2.29. The fourth-order valence-corrected chi connectivity index (χ4v) is 12.8. The van der Waals surface area contributed by atoms with Gasteiger partial charge in [0.1, 0.15) is 0 Å². The van der Waals surface area contributed by atoms with E-state index < -0.39 is 35.2 Å². The van der Waals surface area contributed by atoms with Gasteiger partial charge in [-0.2, -0.15) is 0 Å². The lowest BCUT2D eigenvalue weighted by atomic mass is 10.1. The van der Waals surface area contributed by atoms with E-state index in [0.717, 1.165) is 102 Å². The molecule has 0 saturated heterocycles. The first-order valence-electron chi connectivity index (χ1n) is 17.2. The minimum atomic E-state index is -2.60. The van der Waals surface area contributed by atoms with Crippen LogP contribution in [-0.4, -0.2) is 170 Å². The summed E-state index contributed by atoms with van der Waals surface area (Å²) in [6, 6.07) is 3.12. The van der Waals surface area contributed by atoms with E-state index >= 15 is 0 Å². The summed E-state index contributed by atoms with van der Waals surface area (Å²) in [7, 11) is 9.65. The SMILES string of the molecule is CO[Si](CCCN(CCCCCCN(CCC[Si](OC)(OC)OC)CCC[Si](OC)(OC)OC)CCC[Si](OC)(OC)OC)(OC)OC. The summed E-state index contributed by atoms with van der Waals surface area (Å²) in [5.74, 6) is 0. The first-order valence-corrected chi connectivity index (χ1v) is 24.9. The van der Waals surface area contributed by atoms with Gasteiger partial charge < -0.3 is 62.9 Å². The van der Waals surface area contributed by atoms with Crippen molar-refractivity contribution in [3.63, 3.8) is 0 Å². The highest BCUT2D eigenvalue weighted by molar-refractivity contribution is 6.61. The van der Waals surface area contributed by atoms with Crippen LogP contribution in [0.15, 0.2) is 0 Å². The van der Waals surface area contributed by atoms with Crippen LogP contribution in [0.1, 0.15) is 51.4 Å². The van der Waals surface area contributed by atoms with Crippen LogP contribution in [0.3, 0.4) is 0 Å². The number of rotatable bonds is 35. The first kappa shape index (κ1) is 48.3. The van der Waals surface area contributed by atoms with Gasteiger partial charge in [0.2, 0.25) is 0 Å². The van der Waals surface area contributed by atoms with E-state index in [1.54, 1.807) is 85.3 Å². The molecule has 0 aliphatic carbocycles. The second-order valence-electron chi connectivity index (χ2n) is 11.7. The predicted octanol–water partition coefficient (Wildman–Crippen LogP) is 4.22. The molecule has 0 aliphatic heterocycles. The maximum absolute atomic E-state index is 5.64. The predicted molar refractivity (Wildman–Crippen MR) is 196 cm³/mol. The zero-order valence-electron chi connectivity index (χ0n) is 32.5. The Labute approximate surface area is 297 Å². The van der Waals surface area contributed by atoms with Crippen LogP contribution in [-0.2, 0) is 53.1 Å². The van der Waals surface area contributed by atoms with E-state index in [1.807, 2.05) is 0 Å². The largest absolute Gasteiger partial charge is 0.500 e. The summed E-state index contributed by atoms with van der Waals surface area (Å²) in [6.45, 7) is 5.86. The highest BCUT2D eigenvalue weighted by atomic mass is 28.4. The fourth-order valence-electron chi connectivity index (χ4n) is 6.00. The lowest BCUT2D eigenvalue weighted by Crippen LogP contribution is -2.44. The number of unbranched alkanes of at least 4 members (excludes halogenated alkanes) is 3. The molecule has 0 fully saturated rings. The Hall–Kier alpha value is 0.308. The zero-order valence-corrected chi connectivity index (χ0v) is 36.5. The highest BCUT2D eigenvalue weighted by Gasteiger charge is 2.40. The molecule has 0 aliphatic rings.